The number of rotatable bonds is 9. The number of hydrogen-bond donors (Lipinski definition) is 2. The number of carbonyl (C=O) groups excluding carboxylic acids is 1. The number of hydrogen-bond acceptors (Lipinski definition) is 5. The molecule has 5 rings (SSSR count). The number of ether oxygens (including phenoxy) is 3. The molecule has 0 saturated heterocycles. The van der Waals surface area contributed by atoms with Crippen LogP contribution in [0.1, 0.15) is 59.6 Å². The molecule has 204 valence electrons. The predicted octanol–water partition coefficient (Wildman–Crippen LogP) is 5.64. The summed E-state index contributed by atoms with van der Waals surface area (Å²) in [5, 5.41) is 11.9. The van der Waals surface area contributed by atoms with Crippen LogP contribution in [0, 0.1) is 19.7 Å². The van der Waals surface area contributed by atoms with Crippen molar-refractivity contribution in [2.75, 3.05) is 19.8 Å². The normalized spacial score (nSPS) is 17.2. The van der Waals surface area contributed by atoms with Crippen molar-refractivity contribution in [3.63, 3.8) is 0 Å². The Bertz CT molecular complexity index is 1410. The minimum atomic E-state index is -0.861. The molecule has 0 radical (unpaired) electrons. The van der Waals surface area contributed by atoms with Crippen molar-refractivity contribution >= 4 is 11.9 Å². The standard InChI is InChI=1S/C31H32FNO6/c1-17-12-22(37-11-10-33-19(3)34)13-18(2)30(17)24-6-8-26(32)31-25(24)7-9-27(31)39-21-4-5-23-20(14-29(35)36)16-38-28(23)15-21/h4-6,8,12-13,15,20,27H,7,9-11,14,16H2,1-3H3,(H,33,34)(H,35,36). The van der Waals surface area contributed by atoms with Gasteiger partial charge in [-0.25, -0.2) is 4.39 Å². The molecule has 0 spiro atoms. The van der Waals surface area contributed by atoms with E-state index in [1.807, 2.05) is 38.1 Å². The van der Waals surface area contributed by atoms with E-state index in [1.165, 1.54) is 13.0 Å². The highest BCUT2D eigenvalue weighted by Crippen LogP contribution is 2.45. The zero-order valence-corrected chi connectivity index (χ0v) is 22.3. The first kappa shape index (κ1) is 26.5. The van der Waals surface area contributed by atoms with Crippen LogP contribution in [0.5, 0.6) is 17.2 Å². The maximum Gasteiger partial charge on any atom is 0.304 e. The highest BCUT2D eigenvalue weighted by molar-refractivity contribution is 5.76. The molecule has 7 nitrogen and oxygen atoms in total. The summed E-state index contributed by atoms with van der Waals surface area (Å²) in [5.74, 6) is 0.492. The third-order valence-electron chi connectivity index (χ3n) is 7.37. The number of fused-ring (bicyclic) bond motifs is 2. The summed E-state index contributed by atoms with van der Waals surface area (Å²) in [6.07, 6.45) is 0.903. The number of nitrogens with one attached hydrogen (secondary N) is 1. The molecule has 2 unspecified atom stereocenters. The lowest BCUT2D eigenvalue weighted by atomic mass is 9.90. The minimum Gasteiger partial charge on any atom is -0.492 e. The number of carboxylic acid groups (broad SMARTS) is 1. The summed E-state index contributed by atoms with van der Waals surface area (Å²) in [7, 11) is 0. The molecule has 2 aliphatic rings. The van der Waals surface area contributed by atoms with Crippen molar-refractivity contribution in [1.29, 1.82) is 0 Å². The summed E-state index contributed by atoms with van der Waals surface area (Å²) < 4.78 is 33.0. The Morgan fingerprint density at radius 3 is 2.59 bits per heavy atom. The van der Waals surface area contributed by atoms with Crippen molar-refractivity contribution in [3.8, 4) is 28.4 Å². The van der Waals surface area contributed by atoms with Gasteiger partial charge in [0.2, 0.25) is 5.91 Å². The zero-order chi connectivity index (χ0) is 27.7. The molecule has 1 heterocycles. The molecule has 1 aliphatic heterocycles. The molecule has 0 saturated carbocycles. The van der Waals surface area contributed by atoms with Gasteiger partial charge in [-0.2, -0.15) is 0 Å². The van der Waals surface area contributed by atoms with Gasteiger partial charge in [0.25, 0.3) is 0 Å². The van der Waals surface area contributed by atoms with E-state index in [0.717, 1.165) is 39.1 Å². The largest absolute Gasteiger partial charge is 0.492 e. The van der Waals surface area contributed by atoms with Gasteiger partial charge in [0, 0.05) is 30.0 Å². The Hall–Kier alpha value is -4.07. The molecule has 3 aromatic rings. The lowest BCUT2D eigenvalue weighted by Crippen LogP contribution is -2.25. The van der Waals surface area contributed by atoms with E-state index in [-0.39, 0.29) is 24.1 Å². The maximum atomic E-state index is 15.2. The van der Waals surface area contributed by atoms with Gasteiger partial charge in [-0.3, -0.25) is 9.59 Å². The van der Waals surface area contributed by atoms with Crippen LogP contribution in [0.3, 0.4) is 0 Å². The number of benzene rings is 3. The van der Waals surface area contributed by atoms with E-state index in [4.69, 9.17) is 19.3 Å². The minimum absolute atomic E-state index is 0.0141. The molecule has 0 bridgehead atoms. The predicted molar refractivity (Wildman–Crippen MR) is 144 cm³/mol. The smallest absolute Gasteiger partial charge is 0.304 e. The van der Waals surface area contributed by atoms with Crippen LogP contribution in [-0.4, -0.2) is 36.7 Å². The second-order valence-electron chi connectivity index (χ2n) is 10.2. The summed E-state index contributed by atoms with van der Waals surface area (Å²) in [6, 6.07) is 12.7. The number of carbonyl (C=O) groups is 2. The molecule has 2 N–H and O–H groups in total. The van der Waals surface area contributed by atoms with Crippen LogP contribution in [0.25, 0.3) is 11.1 Å². The van der Waals surface area contributed by atoms with Gasteiger partial charge in [0.1, 0.15) is 35.8 Å². The van der Waals surface area contributed by atoms with E-state index in [1.54, 1.807) is 12.1 Å². The Morgan fingerprint density at radius 2 is 1.87 bits per heavy atom. The van der Waals surface area contributed by atoms with Gasteiger partial charge in [-0.15, -0.1) is 0 Å². The average molecular weight is 534 g/mol. The topological polar surface area (TPSA) is 94.1 Å². The fourth-order valence-corrected chi connectivity index (χ4v) is 5.73. The molecule has 0 fully saturated rings. The van der Waals surface area contributed by atoms with Gasteiger partial charge in [-0.1, -0.05) is 12.1 Å². The molecule has 39 heavy (non-hydrogen) atoms. The molecule has 1 aliphatic carbocycles. The van der Waals surface area contributed by atoms with E-state index in [9.17, 15) is 9.59 Å². The zero-order valence-electron chi connectivity index (χ0n) is 22.3. The van der Waals surface area contributed by atoms with Crippen LogP contribution >= 0.6 is 0 Å². The van der Waals surface area contributed by atoms with Crippen LogP contribution in [-0.2, 0) is 16.0 Å². The Labute approximate surface area is 226 Å². The Morgan fingerprint density at radius 1 is 1.10 bits per heavy atom. The van der Waals surface area contributed by atoms with E-state index in [2.05, 4.69) is 5.32 Å². The van der Waals surface area contributed by atoms with Crippen molar-refractivity contribution in [2.45, 2.75) is 52.1 Å². The number of aliphatic carboxylic acids is 1. The van der Waals surface area contributed by atoms with E-state index < -0.39 is 12.1 Å². The molecule has 1 amide bonds. The van der Waals surface area contributed by atoms with Crippen molar-refractivity contribution < 1.29 is 33.3 Å². The first-order valence-corrected chi connectivity index (χ1v) is 13.2. The van der Waals surface area contributed by atoms with Crippen LogP contribution < -0.4 is 19.5 Å². The lowest BCUT2D eigenvalue weighted by Gasteiger charge is -2.19. The molecule has 2 atom stereocenters. The molecule has 3 aromatic carbocycles. The van der Waals surface area contributed by atoms with Crippen molar-refractivity contribution in [1.82, 2.24) is 5.32 Å². The Balaban J connectivity index is 1.37. The monoisotopic (exact) mass is 533 g/mol. The second kappa shape index (κ2) is 11.0. The maximum absolute atomic E-state index is 15.2. The SMILES string of the molecule is CC(=O)NCCOc1cc(C)c(-c2ccc(F)c3c2CCC3Oc2ccc3c(c2)OCC3CC(=O)O)c(C)c1. The highest BCUT2D eigenvalue weighted by atomic mass is 19.1. The second-order valence-corrected chi connectivity index (χ2v) is 10.2. The Kier molecular flexibility index (Phi) is 7.46. The molecule has 8 heteroatoms. The van der Waals surface area contributed by atoms with Crippen LogP contribution in [0.4, 0.5) is 4.39 Å². The molecular weight excluding hydrogens is 501 g/mol. The third-order valence-corrected chi connectivity index (χ3v) is 7.37. The van der Waals surface area contributed by atoms with Gasteiger partial charge >= 0.3 is 5.97 Å². The highest BCUT2D eigenvalue weighted by Gasteiger charge is 2.32. The van der Waals surface area contributed by atoms with Crippen LogP contribution in [0.15, 0.2) is 42.5 Å². The van der Waals surface area contributed by atoms with Crippen molar-refractivity contribution in [3.05, 3.63) is 76.1 Å². The fourth-order valence-electron chi connectivity index (χ4n) is 5.73. The first-order chi connectivity index (χ1) is 18.7. The first-order valence-electron chi connectivity index (χ1n) is 13.2. The average Bonchev–Trinajstić information content (AvgIpc) is 3.47. The number of halogens is 1. The van der Waals surface area contributed by atoms with Crippen LogP contribution in [0.2, 0.25) is 0 Å². The number of amides is 1. The summed E-state index contributed by atoms with van der Waals surface area (Å²) in [6.45, 7) is 6.64. The summed E-state index contributed by atoms with van der Waals surface area (Å²) >= 11 is 0. The van der Waals surface area contributed by atoms with E-state index in [0.29, 0.717) is 49.7 Å². The van der Waals surface area contributed by atoms with Gasteiger partial charge in [0.05, 0.1) is 19.6 Å². The lowest BCUT2D eigenvalue weighted by molar-refractivity contribution is -0.137. The fraction of sp³-hybridized carbons (Fsp3) is 0.355. The number of aryl methyl sites for hydroxylation is 2. The molecular formula is C31H32FNO6. The number of carboxylic acids is 1. The molecule has 0 aromatic heterocycles. The summed E-state index contributed by atoms with van der Waals surface area (Å²) in [4.78, 5) is 22.2. The van der Waals surface area contributed by atoms with Crippen molar-refractivity contribution in [2.24, 2.45) is 0 Å². The van der Waals surface area contributed by atoms with Gasteiger partial charge < -0.3 is 24.6 Å². The van der Waals surface area contributed by atoms with Gasteiger partial charge in [-0.05, 0) is 78.8 Å². The van der Waals surface area contributed by atoms with Gasteiger partial charge in [0.15, 0.2) is 0 Å². The quantitative estimate of drug-likeness (QED) is 0.346. The summed E-state index contributed by atoms with van der Waals surface area (Å²) in [5.41, 5.74) is 6.47. The van der Waals surface area contributed by atoms with E-state index >= 15 is 4.39 Å². The third kappa shape index (κ3) is 5.55.